The molecule has 0 saturated carbocycles. The summed E-state index contributed by atoms with van der Waals surface area (Å²) >= 11 is 0. The first-order valence-corrected chi connectivity index (χ1v) is 4.58. The first-order valence-electron chi connectivity index (χ1n) is 4.58. The molecule has 0 bridgehead atoms. The van der Waals surface area contributed by atoms with Crippen LogP contribution in [0.5, 0.6) is 0 Å². The van der Waals surface area contributed by atoms with Gasteiger partial charge in [-0.1, -0.05) is 0 Å². The first-order chi connectivity index (χ1) is 7.35. The van der Waals surface area contributed by atoms with Crippen LogP contribution in [0.25, 0.3) is 11.0 Å². The minimum absolute atomic E-state index is 0.313. The molecule has 0 unspecified atom stereocenters. The van der Waals surface area contributed by atoms with Gasteiger partial charge in [-0.25, -0.2) is 0 Å². The van der Waals surface area contributed by atoms with Crippen molar-refractivity contribution in [1.82, 2.24) is 0 Å². The van der Waals surface area contributed by atoms with Gasteiger partial charge in [0.2, 0.25) is 0 Å². The van der Waals surface area contributed by atoms with E-state index in [4.69, 9.17) is 14.9 Å². The van der Waals surface area contributed by atoms with Crippen LogP contribution in [0, 0.1) is 22.7 Å². The summed E-state index contributed by atoms with van der Waals surface area (Å²) in [5, 5.41) is 18.3. The quantitative estimate of drug-likeness (QED) is 0.741. The summed E-state index contributed by atoms with van der Waals surface area (Å²) in [6.07, 6.45) is 2.25. The number of nitrogens with zero attached hydrogens (tertiary/aromatic N) is 2. The van der Waals surface area contributed by atoms with Crippen LogP contribution in [-0.4, -0.2) is 0 Å². The van der Waals surface area contributed by atoms with Crippen LogP contribution in [0.3, 0.4) is 0 Å². The summed E-state index contributed by atoms with van der Waals surface area (Å²) in [5.74, 6) is 0. The minimum atomic E-state index is 0.313. The largest absolute Gasteiger partial charge is 0.464 e. The molecule has 2 rings (SSSR count). The van der Waals surface area contributed by atoms with Crippen molar-refractivity contribution in [2.75, 3.05) is 0 Å². The number of fused-ring (bicyclic) bond motifs is 1. The highest BCUT2D eigenvalue weighted by Crippen LogP contribution is 2.21. The number of nitriles is 2. The summed E-state index contributed by atoms with van der Waals surface area (Å²) < 4.78 is 5.25. The molecule has 1 aromatic heterocycles. The molecule has 0 N–H and O–H groups in total. The van der Waals surface area contributed by atoms with Gasteiger partial charge in [0.05, 0.1) is 31.2 Å². The highest BCUT2D eigenvalue weighted by atomic mass is 16.3. The molecular weight excluding hydrogens is 188 g/mol. The summed E-state index contributed by atoms with van der Waals surface area (Å²) in [6.45, 7) is 0. The zero-order valence-corrected chi connectivity index (χ0v) is 8.03. The van der Waals surface area contributed by atoms with Gasteiger partial charge >= 0.3 is 0 Å². The topological polar surface area (TPSA) is 60.7 Å². The summed E-state index contributed by atoms with van der Waals surface area (Å²) in [4.78, 5) is 0. The Morgan fingerprint density at radius 1 is 1.07 bits per heavy atom. The fraction of sp³-hybridized carbons (Fsp3) is 0.167. The lowest BCUT2D eigenvalue weighted by Crippen LogP contribution is -1.91. The van der Waals surface area contributed by atoms with Gasteiger partial charge < -0.3 is 4.42 Å². The molecule has 72 valence electrons. The monoisotopic (exact) mass is 196 g/mol. The lowest BCUT2D eigenvalue weighted by atomic mass is 10.0. The van der Waals surface area contributed by atoms with Gasteiger partial charge in [-0.05, 0) is 29.3 Å². The number of furan rings is 1. The zero-order valence-electron chi connectivity index (χ0n) is 8.03. The average Bonchev–Trinajstić information content (AvgIpc) is 2.66. The van der Waals surface area contributed by atoms with E-state index in [0.29, 0.717) is 12.8 Å². The van der Waals surface area contributed by atoms with Crippen molar-refractivity contribution < 1.29 is 4.42 Å². The fourth-order valence-electron chi connectivity index (χ4n) is 1.60. The fourth-order valence-corrected chi connectivity index (χ4v) is 1.60. The molecule has 0 aliphatic carbocycles. The van der Waals surface area contributed by atoms with Crippen molar-refractivity contribution in [3.63, 3.8) is 0 Å². The maximum atomic E-state index is 8.68. The van der Waals surface area contributed by atoms with Gasteiger partial charge in [0, 0.05) is 5.39 Å². The lowest BCUT2D eigenvalue weighted by molar-refractivity contribution is 0.615. The molecule has 0 radical (unpaired) electrons. The van der Waals surface area contributed by atoms with E-state index in [-0.39, 0.29) is 0 Å². The maximum absolute atomic E-state index is 8.68. The van der Waals surface area contributed by atoms with Gasteiger partial charge in [0.1, 0.15) is 5.58 Å². The van der Waals surface area contributed by atoms with Crippen molar-refractivity contribution in [2.24, 2.45) is 0 Å². The minimum Gasteiger partial charge on any atom is -0.464 e. The normalized spacial score (nSPS) is 9.73. The van der Waals surface area contributed by atoms with Crippen molar-refractivity contribution in [1.29, 1.82) is 10.5 Å². The molecule has 0 fully saturated rings. The standard InChI is InChI=1S/C12H8N2O/c13-4-1-9-7-11-3-6-15-12(11)8-10(9)2-5-14/h3,6-8H,1-2H2. The van der Waals surface area contributed by atoms with Gasteiger partial charge in [0.25, 0.3) is 0 Å². The Hall–Kier alpha value is -2.26. The van der Waals surface area contributed by atoms with Crippen molar-refractivity contribution in [2.45, 2.75) is 12.8 Å². The molecule has 3 nitrogen and oxygen atoms in total. The van der Waals surface area contributed by atoms with Crippen LogP contribution >= 0.6 is 0 Å². The molecule has 3 heteroatoms. The highest BCUT2D eigenvalue weighted by molar-refractivity contribution is 5.79. The van der Waals surface area contributed by atoms with Crippen molar-refractivity contribution >= 4 is 11.0 Å². The summed E-state index contributed by atoms with van der Waals surface area (Å²) in [6, 6.07) is 9.79. The van der Waals surface area contributed by atoms with Crippen LogP contribution in [0.15, 0.2) is 28.9 Å². The summed E-state index contributed by atoms with van der Waals surface area (Å²) in [7, 11) is 0. The second-order valence-corrected chi connectivity index (χ2v) is 3.25. The predicted molar refractivity (Wildman–Crippen MR) is 54.8 cm³/mol. The number of hydrogen-bond donors (Lipinski definition) is 0. The van der Waals surface area contributed by atoms with Crippen LogP contribution in [0.4, 0.5) is 0 Å². The Morgan fingerprint density at radius 2 is 1.73 bits per heavy atom. The van der Waals surface area contributed by atoms with E-state index >= 15 is 0 Å². The molecule has 15 heavy (non-hydrogen) atoms. The third kappa shape index (κ3) is 1.68. The Balaban J connectivity index is 2.59. The molecule has 0 amide bonds. The molecule has 0 spiro atoms. The molecule has 0 aliphatic heterocycles. The maximum Gasteiger partial charge on any atom is 0.134 e. The van der Waals surface area contributed by atoms with E-state index in [1.807, 2.05) is 18.2 Å². The van der Waals surface area contributed by atoms with E-state index in [1.165, 1.54) is 0 Å². The van der Waals surface area contributed by atoms with E-state index in [1.54, 1.807) is 6.26 Å². The van der Waals surface area contributed by atoms with Crippen LogP contribution in [0.2, 0.25) is 0 Å². The highest BCUT2D eigenvalue weighted by Gasteiger charge is 2.06. The smallest absolute Gasteiger partial charge is 0.134 e. The van der Waals surface area contributed by atoms with E-state index < -0.39 is 0 Å². The van der Waals surface area contributed by atoms with Gasteiger partial charge in [-0.3, -0.25) is 0 Å². The number of benzene rings is 1. The Labute approximate surface area is 87.2 Å². The molecule has 1 aromatic carbocycles. The Morgan fingerprint density at radius 3 is 2.40 bits per heavy atom. The third-order valence-electron chi connectivity index (χ3n) is 2.31. The molecular formula is C12H8N2O. The van der Waals surface area contributed by atoms with Gasteiger partial charge in [-0.2, -0.15) is 10.5 Å². The molecule has 0 atom stereocenters. The first kappa shape index (κ1) is 9.30. The SMILES string of the molecule is N#CCc1cc2ccoc2cc1CC#N. The van der Waals surface area contributed by atoms with E-state index in [0.717, 1.165) is 22.1 Å². The molecule has 0 aliphatic rings. The van der Waals surface area contributed by atoms with Crippen LogP contribution in [-0.2, 0) is 12.8 Å². The lowest BCUT2D eigenvalue weighted by Gasteiger charge is -2.02. The molecule has 0 saturated heterocycles. The molecule has 1 heterocycles. The number of rotatable bonds is 2. The van der Waals surface area contributed by atoms with E-state index in [9.17, 15) is 0 Å². The van der Waals surface area contributed by atoms with Crippen molar-refractivity contribution in [3.05, 3.63) is 35.6 Å². The molecule has 2 aromatic rings. The predicted octanol–water partition coefficient (Wildman–Crippen LogP) is 2.56. The summed E-state index contributed by atoms with van der Waals surface area (Å²) in [5.41, 5.74) is 2.55. The second-order valence-electron chi connectivity index (χ2n) is 3.25. The Bertz CT molecular complexity index is 519. The van der Waals surface area contributed by atoms with Crippen LogP contribution < -0.4 is 0 Å². The van der Waals surface area contributed by atoms with E-state index in [2.05, 4.69) is 12.1 Å². The van der Waals surface area contributed by atoms with Crippen molar-refractivity contribution in [3.8, 4) is 12.1 Å². The zero-order chi connectivity index (χ0) is 10.7. The average molecular weight is 196 g/mol. The third-order valence-corrected chi connectivity index (χ3v) is 2.31. The van der Waals surface area contributed by atoms with Gasteiger partial charge in [-0.15, -0.1) is 0 Å². The number of hydrogen-bond acceptors (Lipinski definition) is 3. The van der Waals surface area contributed by atoms with Crippen LogP contribution in [0.1, 0.15) is 11.1 Å². The van der Waals surface area contributed by atoms with Gasteiger partial charge in [0.15, 0.2) is 0 Å². The Kier molecular flexibility index (Phi) is 2.39. The second kappa shape index (κ2) is 3.86.